The molecular formula is C20H15ClN2O5. The summed E-state index contributed by atoms with van der Waals surface area (Å²) in [5.74, 6) is -1.96. The fourth-order valence-electron chi connectivity index (χ4n) is 3.10. The maximum absolute atomic E-state index is 12.7. The van der Waals surface area contributed by atoms with Gasteiger partial charge in [0.25, 0.3) is 17.4 Å². The molecule has 2 aromatic rings. The van der Waals surface area contributed by atoms with Crippen molar-refractivity contribution in [2.24, 2.45) is 0 Å². The van der Waals surface area contributed by atoms with Crippen molar-refractivity contribution in [3.05, 3.63) is 93.0 Å². The van der Waals surface area contributed by atoms with Crippen LogP contribution < -0.4 is 0 Å². The zero-order chi connectivity index (χ0) is 20.4. The van der Waals surface area contributed by atoms with Crippen LogP contribution in [0.3, 0.4) is 0 Å². The molecule has 0 aliphatic carbocycles. The summed E-state index contributed by atoms with van der Waals surface area (Å²) in [4.78, 5) is 36.8. The molecule has 1 heterocycles. The van der Waals surface area contributed by atoms with Crippen LogP contribution in [-0.4, -0.2) is 33.2 Å². The van der Waals surface area contributed by atoms with Gasteiger partial charge in [-0.15, -0.1) is 6.58 Å². The smallest absolute Gasteiger partial charge is 0.295 e. The topological polar surface area (TPSA) is 101 Å². The maximum atomic E-state index is 12.7. The molecule has 0 bridgehead atoms. The Hall–Kier alpha value is -3.45. The molecule has 142 valence electrons. The Balaban J connectivity index is 2.17. The summed E-state index contributed by atoms with van der Waals surface area (Å²) in [6.45, 7) is 3.67. The summed E-state index contributed by atoms with van der Waals surface area (Å²) >= 11 is 5.86. The molecular weight excluding hydrogens is 384 g/mol. The van der Waals surface area contributed by atoms with Gasteiger partial charge in [-0.1, -0.05) is 17.7 Å². The van der Waals surface area contributed by atoms with E-state index >= 15 is 0 Å². The molecule has 0 saturated carbocycles. The molecule has 1 aliphatic heterocycles. The van der Waals surface area contributed by atoms with Gasteiger partial charge < -0.3 is 10.0 Å². The molecule has 1 atom stereocenters. The summed E-state index contributed by atoms with van der Waals surface area (Å²) < 4.78 is 0. The third-order valence-corrected chi connectivity index (χ3v) is 4.66. The Morgan fingerprint density at radius 2 is 1.79 bits per heavy atom. The third kappa shape index (κ3) is 3.39. The molecule has 28 heavy (non-hydrogen) atoms. The molecule has 1 amide bonds. The summed E-state index contributed by atoms with van der Waals surface area (Å²) in [5, 5.41) is 22.1. The van der Waals surface area contributed by atoms with Crippen molar-refractivity contribution in [3.63, 3.8) is 0 Å². The molecule has 0 radical (unpaired) electrons. The van der Waals surface area contributed by atoms with Gasteiger partial charge in [0.2, 0.25) is 0 Å². The highest BCUT2D eigenvalue weighted by molar-refractivity contribution is 6.46. The van der Waals surface area contributed by atoms with E-state index in [1.54, 1.807) is 12.1 Å². The predicted octanol–water partition coefficient (Wildman–Crippen LogP) is 3.86. The van der Waals surface area contributed by atoms with Crippen LogP contribution in [0.2, 0.25) is 5.02 Å². The molecule has 2 aromatic carbocycles. The number of aliphatic hydroxyl groups excluding tert-OH is 1. The number of halogens is 1. The van der Waals surface area contributed by atoms with Crippen LogP contribution in [0, 0.1) is 10.1 Å². The lowest BCUT2D eigenvalue weighted by Crippen LogP contribution is -2.29. The first-order valence-electron chi connectivity index (χ1n) is 8.24. The number of hydrogen-bond donors (Lipinski definition) is 1. The van der Waals surface area contributed by atoms with Crippen molar-refractivity contribution in [2.75, 3.05) is 6.54 Å². The Kier molecular flexibility index (Phi) is 5.28. The number of rotatable bonds is 5. The van der Waals surface area contributed by atoms with E-state index in [1.807, 2.05) is 0 Å². The number of amides is 1. The van der Waals surface area contributed by atoms with Crippen molar-refractivity contribution in [3.8, 4) is 0 Å². The summed E-state index contributed by atoms with van der Waals surface area (Å²) in [5.41, 5.74) is 0.570. The first-order valence-corrected chi connectivity index (χ1v) is 8.62. The van der Waals surface area contributed by atoms with E-state index in [2.05, 4.69) is 6.58 Å². The average Bonchev–Trinajstić information content (AvgIpc) is 2.93. The number of hydrogen-bond acceptors (Lipinski definition) is 5. The van der Waals surface area contributed by atoms with Crippen molar-refractivity contribution >= 4 is 34.7 Å². The zero-order valence-electron chi connectivity index (χ0n) is 14.5. The number of aliphatic hydroxyl groups is 1. The molecule has 3 rings (SSSR count). The number of nitro benzene ring substituents is 1. The van der Waals surface area contributed by atoms with Crippen LogP contribution in [0.15, 0.2) is 66.8 Å². The minimum absolute atomic E-state index is 0.0730. The van der Waals surface area contributed by atoms with Gasteiger partial charge in [-0.05, 0) is 42.0 Å². The largest absolute Gasteiger partial charge is 0.507 e. The van der Waals surface area contributed by atoms with Gasteiger partial charge >= 0.3 is 0 Å². The highest BCUT2D eigenvalue weighted by atomic mass is 35.5. The first-order chi connectivity index (χ1) is 13.3. The Morgan fingerprint density at radius 3 is 2.32 bits per heavy atom. The van der Waals surface area contributed by atoms with Gasteiger partial charge in [-0.2, -0.15) is 0 Å². The second-order valence-corrected chi connectivity index (χ2v) is 6.53. The Labute approximate surface area is 165 Å². The minimum atomic E-state index is -0.894. The van der Waals surface area contributed by atoms with Crippen LogP contribution in [0.4, 0.5) is 5.69 Å². The molecule has 8 heteroatoms. The van der Waals surface area contributed by atoms with E-state index in [0.717, 1.165) is 0 Å². The molecule has 1 fully saturated rings. The first kappa shape index (κ1) is 19.3. The third-order valence-electron chi connectivity index (χ3n) is 4.40. The van der Waals surface area contributed by atoms with Gasteiger partial charge in [0, 0.05) is 29.3 Å². The fourth-order valence-corrected chi connectivity index (χ4v) is 3.22. The van der Waals surface area contributed by atoms with E-state index in [9.17, 15) is 24.8 Å². The summed E-state index contributed by atoms with van der Waals surface area (Å²) in [6, 6.07) is 10.8. The Morgan fingerprint density at radius 1 is 1.18 bits per heavy atom. The fraction of sp³-hybridized carbons (Fsp3) is 0.100. The number of nitrogens with zero attached hydrogens (tertiary/aromatic N) is 2. The van der Waals surface area contributed by atoms with Crippen molar-refractivity contribution in [2.45, 2.75) is 6.04 Å². The number of ketones is 1. The number of benzene rings is 2. The summed E-state index contributed by atoms with van der Waals surface area (Å²) in [6.07, 6.45) is 1.46. The maximum Gasteiger partial charge on any atom is 0.295 e. The van der Waals surface area contributed by atoms with E-state index in [4.69, 9.17) is 11.6 Å². The van der Waals surface area contributed by atoms with Gasteiger partial charge in [-0.25, -0.2) is 0 Å². The van der Waals surface area contributed by atoms with Crippen molar-refractivity contribution in [1.82, 2.24) is 4.90 Å². The lowest BCUT2D eigenvalue weighted by molar-refractivity contribution is -0.384. The van der Waals surface area contributed by atoms with Crippen molar-refractivity contribution < 1.29 is 19.6 Å². The summed E-state index contributed by atoms with van der Waals surface area (Å²) in [7, 11) is 0. The number of carbonyl (C=O) groups excluding carboxylic acids is 2. The number of nitro groups is 1. The normalized spacial score (nSPS) is 18.3. The average molecular weight is 399 g/mol. The molecule has 1 N–H and O–H groups in total. The second-order valence-electron chi connectivity index (χ2n) is 6.10. The van der Waals surface area contributed by atoms with Crippen LogP contribution in [-0.2, 0) is 9.59 Å². The SMILES string of the molecule is C=CCN1C(=O)C(=O)/C(=C(/O)c2ccc(Cl)cc2)[C@H]1c1ccc([N+](=O)[O-])cc1. The number of likely N-dealkylation sites (tertiary alicyclic amines) is 1. The van der Waals surface area contributed by atoms with Gasteiger partial charge in [0.05, 0.1) is 16.5 Å². The number of Topliss-reactive ketones (excluding diaryl/α,β-unsaturated/α-hetero) is 1. The molecule has 0 spiro atoms. The van der Waals surface area contributed by atoms with Gasteiger partial charge in [0.1, 0.15) is 5.76 Å². The van der Waals surface area contributed by atoms with Crippen molar-refractivity contribution in [1.29, 1.82) is 0 Å². The highest BCUT2D eigenvalue weighted by Crippen LogP contribution is 2.39. The monoisotopic (exact) mass is 398 g/mol. The van der Waals surface area contributed by atoms with E-state index in [1.165, 1.54) is 47.4 Å². The Bertz CT molecular complexity index is 996. The number of carbonyl (C=O) groups is 2. The molecule has 1 aliphatic rings. The lowest BCUT2D eigenvalue weighted by Gasteiger charge is -2.24. The van der Waals surface area contributed by atoms with Crippen LogP contribution >= 0.6 is 11.6 Å². The highest BCUT2D eigenvalue weighted by Gasteiger charge is 2.45. The lowest BCUT2D eigenvalue weighted by atomic mass is 9.95. The zero-order valence-corrected chi connectivity index (χ0v) is 15.3. The van der Waals surface area contributed by atoms with E-state index in [0.29, 0.717) is 16.1 Å². The van der Waals surface area contributed by atoms with Crippen LogP contribution in [0.1, 0.15) is 17.2 Å². The molecule has 7 nitrogen and oxygen atoms in total. The van der Waals surface area contributed by atoms with E-state index < -0.39 is 22.7 Å². The standard InChI is InChI=1S/C20H15ClN2O5/c1-2-11-22-17(12-5-9-15(10-6-12)23(27)28)16(19(25)20(22)26)18(24)13-3-7-14(21)8-4-13/h2-10,17,24H,1,11H2/b18-16+/t17-/m1/s1. The van der Waals surface area contributed by atoms with Crippen LogP contribution in [0.5, 0.6) is 0 Å². The van der Waals surface area contributed by atoms with E-state index in [-0.39, 0.29) is 23.6 Å². The minimum Gasteiger partial charge on any atom is -0.507 e. The second kappa shape index (κ2) is 7.66. The molecule has 1 saturated heterocycles. The van der Waals surface area contributed by atoms with Crippen LogP contribution in [0.25, 0.3) is 5.76 Å². The predicted molar refractivity (Wildman–Crippen MR) is 104 cm³/mol. The van der Waals surface area contributed by atoms with Gasteiger partial charge in [0.15, 0.2) is 0 Å². The van der Waals surface area contributed by atoms with Gasteiger partial charge in [-0.3, -0.25) is 19.7 Å². The quantitative estimate of drug-likeness (QED) is 0.206. The molecule has 0 unspecified atom stereocenters. The number of non-ortho nitro benzene ring substituents is 1. The molecule has 0 aromatic heterocycles.